The third-order valence-corrected chi connectivity index (χ3v) is 25.0. The van der Waals surface area contributed by atoms with Crippen molar-refractivity contribution in [1.82, 2.24) is 0 Å². The molecule has 0 fully saturated rings. The largest absolute Gasteiger partial charge is 0.461 e. The second-order valence-corrected chi connectivity index (χ2v) is 25.6. The Labute approximate surface area is 386 Å². The first-order valence-electron chi connectivity index (χ1n) is 26.3. The van der Waals surface area contributed by atoms with Gasteiger partial charge in [-0.25, -0.2) is 0 Å². The molecule has 33 rings (SSSR count). The fraction of sp³-hybridized carbons (Fsp3) is 0.0580. The van der Waals surface area contributed by atoms with Crippen LogP contribution in [0.4, 0.5) is 0 Å². The lowest BCUT2D eigenvalue weighted by Crippen LogP contribution is -2.39. The normalized spacial score (nSPS) is 20.5. The molecule has 0 unspecified atom stereocenters. The zero-order valence-corrected chi connectivity index (χ0v) is 36.2. The number of carbonyl (C=O) groups excluding carboxylic acids is 1. The van der Waals surface area contributed by atoms with Gasteiger partial charge in [-0.15, -0.1) is 0 Å². The van der Waals surface area contributed by atoms with Gasteiger partial charge < -0.3 is 4.74 Å². The van der Waals surface area contributed by atoms with Crippen molar-refractivity contribution in [2.75, 3.05) is 0 Å². The monoisotopic (exact) mass is 870 g/mol. The van der Waals surface area contributed by atoms with Crippen LogP contribution in [0, 0.1) is 0 Å². The molecule has 0 amide bonds. The minimum absolute atomic E-state index is 0.0392. The molecule has 0 radical (unpaired) electrons. The number of rotatable bonds is 4. The SMILES string of the molecule is O=C(CC12c3c4c5c6c7c8c(c9c%10c1c1c3c3c%11c4c4c5c5c7c7c%12c8c8c9c9c%10c%10c1c1c3c3c%11c%11c4c4c5c7c5c7c%12c8c8c9c9c%10c1c1c3c3c%11c4c5c4c7c8c9c1c34)C62)OCc1ccccc1. The van der Waals surface area contributed by atoms with Crippen molar-refractivity contribution in [3.63, 3.8) is 0 Å². The van der Waals surface area contributed by atoms with Crippen molar-refractivity contribution in [2.24, 2.45) is 0 Å². The minimum Gasteiger partial charge on any atom is -0.461 e. The molecule has 2 nitrogen and oxygen atoms in total. The Bertz CT molecular complexity index is 7150. The molecule has 0 aliphatic heterocycles. The highest BCUT2D eigenvalue weighted by molar-refractivity contribution is 6.82. The van der Waals surface area contributed by atoms with Gasteiger partial charge in [0, 0.05) is 11.3 Å². The third kappa shape index (κ3) is 1.52. The molecule has 298 valence electrons. The molecule has 0 saturated heterocycles. The van der Waals surface area contributed by atoms with E-state index in [0.29, 0.717) is 13.0 Å². The average molecular weight is 871 g/mol. The lowest BCUT2D eigenvalue weighted by molar-refractivity contribution is -0.146. The zero-order chi connectivity index (χ0) is 42.4. The predicted octanol–water partition coefficient (Wildman–Crippen LogP) is 18.3. The van der Waals surface area contributed by atoms with Crippen molar-refractivity contribution >= 4 is 297 Å². The summed E-state index contributed by atoms with van der Waals surface area (Å²) in [4.78, 5) is 15.7. The summed E-state index contributed by atoms with van der Waals surface area (Å²) in [7, 11) is 0. The van der Waals surface area contributed by atoms with Crippen molar-refractivity contribution in [2.45, 2.75) is 24.4 Å². The number of hydrogen-bond donors (Lipinski definition) is 0. The van der Waals surface area contributed by atoms with Crippen LogP contribution in [0.2, 0.25) is 0 Å². The molecule has 0 saturated carbocycles. The van der Waals surface area contributed by atoms with Gasteiger partial charge in [0.15, 0.2) is 0 Å². The van der Waals surface area contributed by atoms with E-state index in [0.717, 1.165) is 5.56 Å². The van der Waals surface area contributed by atoms with Crippen LogP contribution < -0.4 is 0 Å². The summed E-state index contributed by atoms with van der Waals surface area (Å²) in [5, 5.41) is 85.9. The highest BCUT2D eigenvalue weighted by Crippen LogP contribution is 2.84. The maximum Gasteiger partial charge on any atom is 0.307 e. The fourth-order valence-electron chi connectivity index (χ4n) is 24.6. The average Bonchev–Trinajstić information content (AvgIpc) is 4.42. The van der Waals surface area contributed by atoms with Crippen LogP contribution in [0.5, 0.6) is 0 Å². The predicted molar refractivity (Wildman–Crippen MR) is 296 cm³/mol. The van der Waals surface area contributed by atoms with E-state index in [4.69, 9.17) is 4.74 Å². The van der Waals surface area contributed by atoms with Crippen LogP contribution in [-0.2, 0) is 21.6 Å². The van der Waals surface area contributed by atoms with E-state index >= 15 is 4.79 Å². The van der Waals surface area contributed by atoms with Crippen LogP contribution in [0.3, 0.4) is 0 Å². The van der Waals surface area contributed by atoms with Crippen molar-refractivity contribution < 1.29 is 9.53 Å². The molecule has 4 aliphatic rings. The molecule has 4 aliphatic carbocycles. The summed E-state index contributed by atoms with van der Waals surface area (Å²) in [5.74, 6) is -0.0104. The molecule has 0 heterocycles. The molecule has 29 aromatic rings. The molecule has 0 bridgehead atoms. The molecule has 0 spiro atoms. The Hall–Kier alpha value is -8.85. The molecular weight excluding hydrogens is 861 g/mol. The first kappa shape index (κ1) is 26.8. The van der Waals surface area contributed by atoms with Crippen LogP contribution in [-0.4, -0.2) is 5.97 Å². The maximum absolute atomic E-state index is 15.7. The highest BCUT2D eigenvalue weighted by Gasteiger charge is 2.63. The van der Waals surface area contributed by atoms with E-state index in [9.17, 15) is 0 Å². The van der Waals surface area contributed by atoms with E-state index in [1.807, 2.05) is 0 Å². The van der Waals surface area contributed by atoms with Crippen molar-refractivity contribution in [1.29, 1.82) is 0 Å². The number of hydrogen-bond acceptors (Lipinski definition) is 2. The summed E-state index contributed by atoms with van der Waals surface area (Å²) in [6, 6.07) is 10.4. The second kappa shape index (κ2) is 6.25. The number of benzene rings is 19. The van der Waals surface area contributed by atoms with Gasteiger partial charge in [0.25, 0.3) is 0 Å². The summed E-state index contributed by atoms with van der Waals surface area (Å²) in [5.41, 5.74) is 6.69. The Morgan fingerprint density at radius 3 is 0.775 bits per heavy atom. The molecule has 0 atom stereocenters. The van der Waals surface area contributed by atoms with E-state index in [2.05, 4.69) is 30.3 Å². The van der Waals surface area contributed by atoms with E-state index in [-0.39, 0.29) is 11.9 Å². The quantitative estimate of drug-likeness (QED) is 0.130. The van der Waals surface area contributed by atoms with Crippen LogP contribution >= 0.6 is 0 Å². The molecule has 0 aromatic heterocycles. The van der Waals surface area contributed by atoms with E-state index in [1.165, 1.54) is 32.7 Å². The van der Waals surface area contributed by atoms with E-state index in [1.54, 1.807) is 280 Å². The van der Waals surface area contributed by atoms with Crippen LogP contribution in [0.25, 0.3) is 291 Å². The number of esters is 1. The topological polar surface area (TPSA) is 26.3 Å². The Morgan fingerprint density at radius 2 is 0.507 bits per heavy atom. The molecular formula is C69H10O2. The summed E-state index contributed by atoms with van der Waals surface area (Å²) < 4.78 is 6.69. The first-order valence-corrected chi connectivity index (χ1v) is 26.3. The van der Waals surface area contributed by atoms with Gasteiger partial charge in [-0.05, 0) is 319 Å². The lowest BCUT2D eigenvalue weighted by Gasteiger charge is -2.44. The molecule has 29 aromatic carbocycles. The summed E-state index contributed by atoms with van der Waals surface area (Å²) >= 11 is 0. The van der Waals surface area contributed by atoms with Gasteiger partial charge in [0.1, 0.15) is 6.61 Å². The summed E-state index contributed by atoms with van der Waals surface area (Å²) in [6.45, 7) is 0.302. The number of carbonyl (C=O) groups is 1. The Balaban J connectivity index is 1.09. The van der Waals surface area contributed by atoms with Crippen molar-refractivity contribution in [3.8, 4) is 0 Å². The molecule has 0 N–H and O–H groups in total. The second-order valence-electron chi connectivity index (χ2n) is 25.6. The maximum atomic E-state index is 15.7. The zero-order valence-electron chi connectivity index (χ0n) is 36.2. The number of ether oxygens (including phenoxy) is 1. The minimum atomic E-state index is -0.598. The van der Waals surface area contributed by atoms with Gasteiger partial charge in [0.05, 0.1) is 6.42 Å². The highest BCUT2D eigenvalue weighted by atomic mass is 16.5. The van der Waals surface area contributed by atoms with Crippen molar-refractivity contribution in [3.05, 3.63) is 58.1 Å². The Morgan fingerprint density at radius 1 is 0.296 bits per heavy atom. The van der Waals surface area contributed by atoms with Gasteiger partial charge in [-0.1, -0.05) is 30.3 Å². The standard InChI is InChI=1S/C69H10O2/c70-9(71-7-8-4-2-1-3-5-8)6-69-66-62-56-42-34-26-14-11-10-12-15(14)27-29-25-19(12)21-17-13(10)16-20-18(11)24-28(26)40(42)48-46-32(24)30(20)38-36-22(16)23(17)37-39-31(21)33(25)47-49-41(29)43(35(27)34)57(56)63(66)59(49)61-53(47)51(39)55-45(37)44(36)54-50(38)52(46)60(58(48)62)67(69)64(54)65(55)68(61)69/h1-5,66H,6-7H2. The van der Waals surface area contributed by atoms with Gasteiger partial charge in [-0.3, -0.25) is 4.79 Å². The molecule has 2 heteroatoms. The smallest absolute Gasteiger partial charge is 0.307 e. The van der Waals surface area contributed by atoms with Gasteiger partial charge in [0.2, 0.25) is 0 Å². The van der Waals surface area contributed by atoms with Gasteiger partial charge in [-0.2, -0.15) is 0 Å². The van der Waals surface area contributed by atoms with Crippen LogP contribution in [0.15, 0.2) is 30.3 Å². The van der Waals surface area contributed by atoms with Crippen LogP contribution in [0.1, 0.15) is 40.2 Å². The van der Waals surface area contributed by atoms with E-state index < -0.39 is 5.41 Å². The first-order chi connectivity index (χ1) is 35.3. The Kier molecular flexibility index (Phi) is 2.36. The summed E-state index contributed by atoms with van der Waals surface area (Å²) in [6.07, 6.45) is 0.361. The molecule has 71 heavy (non-hydrogen) atoms. The lowest BCUT2D eigenvalue weighted by atomic mass is 9.56. The van der Waals surface area contributed by atoms with Gasteiger partial charge >= 0.3 is 5.97 Å². The fourth-order valence-corrected chi connectivity index (χ4v) is 24.6. The third-order valence-electron chi connectivity index (χ3n) is 25.0.